The normalized spacial score (nSPS) is 24.9. The van der Waals surface area contributed by atoms with Crippen LogP contribution < -0.4 is 11.1 Å². The highest BCUT2D eigenvalue weighted by molar-refractivity contribution is 5.17. The van der Waals surface area contributed by atoms with Crippen LogP contribution in [0.25, 0.3) is 0 Å². The molecule has 1 aliphatic rings. The number of nitrogens with one attached hydrogen (secondary N) is 1. The van der Waals surface area contributed by atoms with Gasteiger partial charge in [0.05, 0.1) is 0 Å². The molecule has 3 nitrogen and oxygen atoms in total. The number of aryl methyl sites for hydroxylation is 1. The van der Waals surface area contributed by atoms with Crippen molar-refractivity contribution in [2.75, 3.05) is 6.54 Å². The predicted octanol–water partition coefficient (Wildman–Crippen LogP) is 0.777. The molecule has 13 heavy (non-hydrogen) atoms. The molecule has 3 heteroatoms. The molecule has 2 atom stereocenters. The average molecular weight is 179 g/mol. The molecule has 1 aromatic heterocycles. The van der Waals surface area contributed by atoms with Crippen molar-refractivity contribution in [2.24, 2.45) is 12.8 Å². The Morgan fingerprint density at radius 3 is 3.08 bits per heavy atom. The van der Waals surface area contributed by atoms with Gasteiger partial charge in [0.1, 0.15) is 0 Å². The zero-order chi connectivity index (χ0) is 9.26. The quantitative estimate of drug-likeness (QED) is 0.704. The van der Waals surface area contributed by atoms with Crippen molar-refractivity contribution in [1.29, 1.82) is 0 Å². The first-order valence-corrected chi connectivity index (χ1v) is 4.88. The molecule has 0 radical (unpaired) electrons. The summed E-state index contributed by atoms with van der Waals surface area (Å²) >= 11 is 0. The molecule has 1 aliphatic heterocycles. The predicted molar refractivity (Wildman–Crippen MR) is 53.4 cm³/mol. The van der Waals surface area contributed by atoms with Crippen molar-refractivity contribution in [2.45, 2.75) is 24.9 Å². The average Bonchev–Trinajstić information content (AvgIpc) is 2.72. The van der Waals surface area contributed by atoms with Gasteiger partial charge < -0.3 is 15.6 Å². The molecule has 1 saturated heterocycles. The van der Waals surface area contributed by atoms with Gasteiger partial charge in [0.15, 0.2) is 0 Å². The first-order valence-electron chi connectivity index (χ1n) is 4.88. The number of aromatic nitrogens is 1. The Morgan fingerprint density at radius 1 is 1.69 bits per heavy atom. The third kappa shape index (κ3) is 1.76. The van der Waals surface area contributed by atoms with Crippen LogP contribution in [0.4, 0.5) is 0 Å². The summed E-state index contributed by atoms with van der Waals surface area (Å²) in [6.07, 6.45) is 6.61. The SMILES string of the molecule is Cn1ccc(C(N)C2CCCN2)c1. The van der Waals surface area contributed by atoms with Crippen LogP contribution in [0.5, 0.6) is 0 Å². The number of nitrogens with zero attached hydrogens (tertiary/aromatic N) is 1. The maximum absolute atomic E-state index is 6.14. The molecule has 0 aliphatic carbocycles. The van der Waals surface area contributed by atoms with Gasteiger partial charge >= 0.3 is 0 Å². The first-order chi connectivity index (χ1) is 6.27. The molecule has 0 amide bonds. The van der Waals surface area contributed by atoms with Crippen LogP contribution in [0.2, 0.25) is 0 Å². The largest absolute Gasteiger partial charge is 0.357 e. The van der Waals surface area contributed by atoms with Gasteiger partial charge in [-0.2, -0.15) is 0 Å². The lowest BCUT2D eigenvalue weighted by atomic mass is 10.0. The third-order valence-corrected chi connectivity index (χ3v) is 2.77. The van der Waals surface area contributed by atoms with Crippen LogP contribution in [0, 0.1) is 0 Å². The van der Waals surface area contributed by atoms with Crippen molar-refractivity contribution in [3.05, 3.63) is 24.0 Å². The van der Waals surface area contributed by atoms with E-state index in [-0.39, 0.29) is 6.04 Å². The third-order valence-electron chi connectivity index (χ3n) is 2.77. The first kappa shape index (κ1) is 8.78. The summed E-state index contributed by atoms with van der Waals surface area (Å²) in [7, 11) is 2.03. The molecular formula is C10H17N3. The second-order valence-electron chi connectivity index (χ2n) is 3.84. The molecule has 3 N–H and O–H groups in total. The summed E-state index contributed by atoms with van der Waals surface area (Å²) < 4.78 is 2.05. The summed E-state index contributed by atoms with van der Waals surface area (Å²) in [5.41, 5.74) is 7.38. The van der Waals surface area contributed by atoms with Gasteiger partial charge in [-0.05, 0) is 31.0 Å². The molecule has 1 aromatic rings. The number of hydrogen-bond donors (Lipinski definition) is 2. The second-order valence-corrected chi connectivity index (χ2v) is 3.84. The van der Waals surface area contributed by atoms with Crippen molar-refractivity contribution < 1.29 is 0 Å². The molecule has 2 unspecified atom stereocenters. The van der Waals surface area contributed by atoms with Crippen LogP contribution >= 0.6 is 0 Å². The maximum atomic E-state index is 6.14. The van der Waals surface area contributed by atoms with Gasteiger partial charge in [-0.15, -0.1) is 0 Å². The van der Waals surface area contributed by atoms with E-state index < -0.39 is 0 Å². The minimum atomic E-state index is 0.156. The minimum Gasteiger partial charge on any atom is -0.357 e. The standard InChI is InChI=1S/C10H17N3/c1-13-6-4-8(7-13)10(11)9-3-2-5-12-9/h4,6-7,9-10,12H,2-3,5,11H2,1H3. The summed E-state index contributed by atoms with van der Waals surface area (Å²) in [6.45, 7) is 1.12. The number of nitrogens with two attached hydrogens (primary N) is 1. The Morgan fingerprint density at radius 2 is 2.54 bits per heavy atom. The van der Waals surface area contributed by atoms with E-state index in [4.69, 9.17) is 5.73 Å². The molecule has 1 fully saturated rings. The highest BCUT2D eigenvalue weighted by atomic mass is 15.0. The Bertz CT molecular complexity index is 273. The van der Waals surface area contributed by atoms with E-state index in [0.29, 0.717) is 6.04 Å². The number of hydrogen-bond acceptors (Lipinski definition) is 2. The minimum absolute atomic E-state index is 0.156. The van der Waals surface area contributed by atoms with Crippen molar-refractivity contribution in [3.8, 4) is 0 Å². The molecule has 72 valence electrons. The van der Waals surface area contributed by atoms with Gasteiger partial charge in [0, 0.05) is 31.5 Å². The van der Waals surface area contributed by atoms with Crippen LogP contribution in [-0.2, 0) is 7.05 Å². The van der Waals surface area contributed by atoms with Crippen LogP contribution in [-0.4, -0.2) is 17.2 Å². The highest BCUT2D eigenvalue weighted by Crippen LogP contribution is 2.20. The zero-order valence-electron chi connectivity index (χ0n) is 8.03. The Hall–Kier alpha value is -0.800. The summed E-state index contributed by atoms with van der Waals surface area (Å²) in [5, 5.41) is 3.43. The Labute approximate surface area is 78.9 Å². The van der Waals surface area contributed by atoms with Gasteiger partial charge in [-0.25, -0.2) is 0 Å². The van der Waals surface area contributed by atoms with E-state index in [1.54, 1.807) is 0 Å². The van der Waals surface area contributed by atoms with Crippen LogP contribution in [0.3, 0.4) is 0 Å². The lowest BCUT2D eigenvalue weighted by Gasteiger charge is -2.17. The van der Waals surface area contributed by atoms with E-state index in [0.717, 1.165) is 6.54 Å². The second kappa shape index (κ2) is 3.52. The molecule has 2 rings (SSSR count). The fourth-order valence-corrected chi connectivity index (χ4v) is 1.97. The smallest absolute Gasteiger partial charge is 0.0465 e. The monoisotopic (exact) mass is 179 g/mol. The molecular weight excluding hydrogens is 162 g/mol. The summed E-state index contributed by atoms with van der Waals surface area (Å²) in [6, 6.07) is 2.73. The van der Waals surface area contributed by atoms with Crippen molar-refractivity contribution in [1.82, 2.24) is 9.88 Å². The topological polar surface area (TPSA) is 43.0 Å². The fourth-order valence-electron chi connectivity index (χ4n) is 1.97. The van der Waals surface area contributed by atoms with Gasteiger partial charge in [0.2, 0.25) is 0 Å². The molecule has 2 heterocycles. The lowest BCUT2D eigenvalue weighted by Crippen LogP contribution is -2.33. The Balaban J connectivity index is 2.07. The van der Waals surface area contributed by atoms with E-state index in [2.05, 4.69) is 17.6 Å². The molecule has 0 spiro atoms. The van der Waals surface area contributed by atoms with Crippen molar-refractivity contribution in [3.63, 3.8) is 0 Å². The lowest BCUT2D eigenvalue weighted by molar-refractivity contribution is 0.500. The number of rotatable bonds is 2. The van der Waals surface area contributed by atoms with E-state index >= 15 is 0 Å². The summed E-state index contributed by atoms with van der Waals surface area (Å²) in [5.74, 6) is 0. The van der Waals surface area contributed by atoms with Gasteiger partial charge in [0.25, 0.3) is 0 Å². The fraction of sp³-hybridized carbons (Fsp3) is 0.600. The van der Waals surface area contributed by atoms with E-state index in [1.807, 2.05) is 17.8 Å². The van der Waals surface area contributed by atoms with Gasteiger partial charge in [-0.3, -0.25) is 0 Å². The van der Waals surface area contributed by atoms with E-state index in [1.165, 1.54) is 18.4 Å². The van der Waals surface area contributed by atoms with E-state index in [9.17, 15) is 0 Å². The van der Waals surface area contributed by atoms with Crippen LogP contribution in [0.15, 0.2) is 18.5 Å². The van der Waals surface area contributed by atoms with Gasteiger partial charge in [-0.1, -0.05) is 0 Å². The van der Waals surface area contributed by atoms with Crippen LogP contribution in [0.1, 0.15) is 24.4 Å². The maximum Gasteiger partial charge on any atom is 0.0465 e. The molecule has 0 saturated carbocycles. The van der Waals surface area contributed by atoms with Crippen molar-refractivity contribution >= 4 is 0 Å². The molecule has 0 aromatic carbocycles. The Kier molecular flexibility index (Phi) is 2.38. The summed E-state index contributed by atoms with van der Waals surface area (Å²) in [4.78, 5) is 0. The molecule has 0 bridgehead atoms. The highest BCUT2D eigenvalue weighted by Gasteiger charge is 2.22. The zero-order valence-corrected chi connectivity index (χ0v) is 8.03.